The quantitative estimate of drug-likeness (QED) is 0.0132. The van der Waals surface area contributed by atoms with Crippen molar-refractivity contribution in [3.8, 4) is 0 Å². The lowest BCUT2D eigenvalue weighted by Crippen LogP contribution is -1.98. The third-order valence-corrected chi connectivity index (χ3v) is 12.3. The normalized spacial score (nSPS) is 14.2. The van der Waals surface area contributed by atoms with Crippen LogP contribution >= 0.6 is 7.60 Å². The second-order valence-corrected chi connectivity index (χ2v) is 21.4. The van der Waals surface area contributed by atoms with Gasteiger partial charge >= 0.3 is 7.60 Å². The van der Waals surface area contributed by atoms with Crippen molar-refractivity contribution in [1.82, 2.24) is 0 Å². The minimum absolute atomic E-state index is 0. The van der Waals surface area contributed by atoms with Gasteiger partial charge in [0, 0.05) is 0 Å². The first-order chi connectivity index (χ1) is 35.5. The molecular formula is C69H107BO5P-. The van der Waals surface area contributed by atoms with E-state index in [9.17, 15) is 9.36 Å². The molecule has 7 heteroatoms. The van der Waals surface area contributed by atoms with Crippen LogP contribution in [-0.4, -0.2) is 41.2 Å². The van der Waals surface area contributed by atoms with Gasteiger partial charge in [-0.05, 0) is 175 Å². The fraction of sp³-hybridized carbons (Fsp3) is 0.406. The largest absolute Gasteiger partial charge is 0.501 e. The zero-order chi connectivity index (χ0) is 57.3. The van der Waals surface area contributed by atoms with Crippen molar-refractivity contribution in [3.63, 3.8) is 0 Å². The summed E-state index contributed by atoms with van der Waals surface area (Å²) >= 11 is 0. The molecule has 0 heterocycles. The first-order valence-electron chi connectivity index (χ1n) is 26.7. The topological polar surface area (TPSA) is 61.8 Å². The summed E-state index contributed by atoms with van der Waals surface area (Å²) in [6.45, 7) is 37.9. The van der Waals surface area contributed by atoms with E-state index in [2.05, 4.69) is 212 Å². The van der Waals surface area contributed by atoms with Gasteiger partial charge in [0.1, 0.15) is 6.29 Å². The third kappa shape index (κ3) is 56.2. The highest BCUT2D eigenvalue weighted by Gasteiger charge is 2.21. The lowest BCUT2D eigenvalue weighted by molar-refractivity contribution is -0.104. The number of allylic oxidation sites excluding steroid dienone is 40. The van der Waals surface area contributed by atoms with E-state index >= 15 is 0 Å². The molecule has 0 saturated heterocycles. The van der Waals surface area contributed by atoms with Gasteiger partial charge in [-0.2, -0.15) is 0 Å². The van der Waals surface area contributed by atoms with E-state index in [0.29, 0.717) is 24.9 Å². The summed E-state index contributed by atoms with van der Waals surface area (Å²) in [5.74, 6) is 0.836. The van der Waals surface area contributed by atoms with E-state index in [4.69, 9.17) is 13.8 Å². The second kappa shape index (κ2) is 51.6. The molecule has 0 bridgehead atoms. The monoisotopic (exact) mass is 1060 g/mol. The molecule has 76 heavy (non-hydrogen) atoms. The van der Waals surface area contributed by atoms with Gasteiger partial charge in [0.2, 0.25) is 0 Å². The average Bonchev–Trinajstić information content (AvgIpc) is 3.33. The predicted molar refractivity (Wildman–Crippen MR) is 348 cm³/mol. The summed E-state index contributed by atoms with van der Waals surface area (Å²) in [7, 11) is -1.36. The Morgan fingerprint density at radius 1 is 0.382 bits per heavy atom. The molecule has 0 fully saturated rings. The van der Waals surface area contributed by atoms with E-state index in [1.165, 1.54) is 55.7 Å². The molecule has 0 N–H and O–H groups in total. The van der Waals surface area contributed by atoms with Gasteiger partial charge in [-0.25, -0.2) is 0 Å². The van der Waals surface area contributed by atoms with E-state index in [0.717, 1.165) is 56.1 Å². The van der Waals surface area contributed by atoms with Gasteiger partial charge in [-0.1, -0.05) is 228 Å². The number of methoxy groups -OCH3 is 1. The van der Waals surface area contributed by atoms with Crippen molar-refractivity contribution in [2.75, 3.05) is 26.5 Å². The summed E-state index contributed by atoms with van der Waals surface area (Å²) in [4.78, 5) is 10.1. The number of hydrogen-bond acceptors (Lipinski definition) is 5. The smallest absolute Gasteiger partial charge is 0.334 e. The summed E-state index contributed by atoms with van der Waals surface area (Å²) < 4.78 is 27.8. The fourth-order valence-corrected chi connectivity index (χ4v) is 7.40. The molecule has 0 aromatic carbocycles. The number of carbonyl (C=O) groups excluding carboxylic acids is 1. The van der Waals surface area contributed by atoms with Crippen LogP contribution in [0, 0.1) is 0 Å². The molecule has 0 atom stereocenters. The number of hydrogen-bond donors (Lipinski definition) is 0. The van der Waals surface area contributed by atoms with Gasteiger partial charge in [0.05, 0.1) is 32.2 Å². The van der Waals surface area contributed by atoms with Crippen LogP contribution in [0.1, 0.15) is 163 Å². The Morgan fingerprint density at radius 2 is 0.671 bits per heavy atom. The first-order valence-corrected chi connectivity index (χ1v) is 28.4. The molecule has 0 rings (SSSR count). The van der Waals surface area contributed by atoms with Crippen LogP contribution in [0.5, 0.6) is 0 Å². The first kappa shape index (κ1) is 77.0. The molecule has 0 aliphatic rings. The molecule has 0 aliphatic carbocycles. The summed E-state index contributed by atoms with van der Waals surface area (Å²) in [6.07, 6.45) is 64.2. The Labute approximate surface area is 469 Å². The van der Waals surface area contributed by atoms with Gasteiger partial charge in [0.25, 0.3) is 0 Å². The molecule has 0 spiro atoms. The van der Waals surface area contributed by atoms with E-state index in [1.807, 2.05) is 58.1 Å². The zero-order valence-electron chi connectivity index (χ0n) is 50.5. The molecular weight excluding hydrogens is 951 g/mol. The zero-order valence-corrected chi connectivity index (χ0v) is 51.4. The van der Waals surface area contributed by atoms with Gasteiger partial charge in [-0.3, -0.25) is 9.36 Å². The average molecular weight is 1060 g/mol. The van der Waals surface area contributed by atoms with Crippen LogP contribution in [0.4, 0.5) is 0 Å². The van der Waals surface area contributed by atoms with Crippen molar-refractivity contribution < 1.29 is 23.1 Å². The molecule has 422 valence electrons. The van der Waals surface area contributed by atoms with E-state index in [1.54, 1.807) is 26.2 Å². The Hall–Kier alpha value is -5.52. The van der Waals surface area contributed by atoms with Gasteiger partial charge < -0.3 is 13.8 Å². The fourth-order valence-electron chi connectivity index (χ4n) is 5.81. The molecule has 0 unspecified atom stereocenters. The highest BCUT2D eigenvalue weighted by atomic mass is 31.2. The molecule has 0 amide bonds. The van der Waals surface area contributed by atoms with E-state index < -0.39 is 7.60 Å². The predicted octanol–water partition coefficient (Wildman–Crippen LogP) is 20.2. The second-order valence-electron chi connectivity index (χ2n) is 19.3. The minimum atomic E-state index is -2.98. The minimum Gasteiger partial charge on any atom is -0.501 e. The van der Waals surface area contributed by atoms with Crippen molar-refractivity contribution in [2.45, 2.75) is 163 Å². The van der Waals surface area contributed by atoms with Crippen molar-refractivity contribution in [2.24, 2.45) is 0 Å². The molecule has 5 nitrogen and oxygen atoms in total. The number of aldehydes is 1. The van der Waals surface area contributed by atoms with Crippen LogP contribution in [-0.2, 0) is 23.1 Å². The Balaban J connectivity index is -0.000000601. The number of ether oxygens (including phenoxy) is 1. The van der Waals surface area contributed by atoms with Crippen LogP contribution in [0.25, 0.3) is 0 Å². The van der Waals surface area contributed by atoms with Crippen molar-refractivity contribution in [1.29, 1.82) is 0 Å². The summed E-state index contributed by atoms with van der Waals surface area (Å²) in [5.41, 5.74) is 15.0. The van der Waals surface area contributed by atoms with Crippen molar-refractivity contribution in [3.05, 3.63) is 237 Å². The van der Waals surface area contributed by atoms with Crippen molar-refractivity contribution >= 4 is 22.3 Å². The number of carbonyl (C=O) groups is 1. The Morgan fingerprint density at radius 3 is 0.974 bits per heavy atom. The molecule has 0 aromatic rings. The lowest BCUT2D eigenvalue weighted by Gasteiger charge is -2.15. The highest BCUT2D eigenvalue weighted by molar-refractivity contribution is 7.54. The van der Waals surface area contributed by atoms with E-state index in [-0.39, 0.29) is 8.41 Å². The summed E-state index contributed by atoms with van der Waals surface area (Å²) in [5, 5.41) is 0. The maximum atomic E-state index is 12.3. The highest BCUT2D eigenvalue weighted by Crippen LogP contribution is 2.48. The Kier molecular flexibility index (Phi) is 52.3. The SMILES string of the molecule is CC(C)=CCC/C(C)=C/C=C/C(C)=C/C=C/C(C)=C/C=C/C=C(C)/C=C/C=C(C)/C=C/C=C(\C)CCC=C(C)C.CCOP(=O)(C/C=C(C)/C=C/C=C(\C)CCC=C(C)C)OCC.CO/C(C)=C/C=C/C=C(\C)C=O.[BH4-]. The molecule has 0 aromatic heterocycles. The van der Waals surface area contributed by atoms with Crippen LogP contribution in [0.2, 0.25) is 0 Å². The summed E-state index contributed by atoms with van der Waals surface area (Å²) in [6, 6.07) is 0. The van der Waals surface area contributed by atoms with Gasteiger partial charge in [0.15, 0.2) is 0 Å². The molecule has 0 aliphatic heterocycles. The lowest BCUT2D eigenvalue weighted by atomic mass is 10.1. The Bertz CT molecular complexity index is 2230. The molecule has 0 saturated carbocycles. The molecule has 0 radical (unpaired) electrons. The maximum Gasteiger partial charge on any atom is 0.334 e. The standard InChI is InChI=1S/C40H56.C19H33O3P.C10H14O2.BH4/c1-33(2)19-13-23-37(7)27-17-31-39(9)29-15-25-35(5)21-11-12-22-36(6)26-16-30-40(10)32-18-28-38(8)24-14-20-34(3)4;1-7-21-23(20,22-8-2)16-15-19(6)14-10-13-18(5)12-9-11-17(3)4;1-9(8-11)6-4-5-7-10(2)12-3;/h11-12,15-22,25-32H,13-14,23-24H2,1-10H3;10-11,13-15H,7-9,12,16H2,1-6H3;4-8H,1-3H3;1H4/q;;;-1/b12-11+,25-15+,26-16+,31-17+,32-18+,35-21+,36-22+,37-27+,38-28+,39-29+,40-30+;14-10+,18-13+,19-15+;5-4+,9-6+,10-7+;. The van der Waals surface area contributed by atoms with Crippen LogP contribution in [0.15, 0.2) is 237 Å². The maximum absolute atomic E-state index is 12.3. The van der Waals surface area contributed by atoms with Crippen LogP contribution < -0.4 is 0 Å². The number of rotatable bonds is 31. The third-order valence-electron chi connectivity index (χ3n) is 10.4. The van der Waals surface area contributed by atoms with Gasteiger partial charge in [-0.15, -0.1) is 0 Å². The van der Waals surface area contributed by atoms with Crippen LogP contribution in [0.3, 0.4) is 0 Å².